The molecule has 68 valence electrons. The minimum Gasteiger partial charge on any atom is -1.00 e. The van der Waals surface area contributed by atoms with Gasteiger partial charge in [-0.05, 0) is 15.2 Å². The molecule has 1 nitrogen and oxygen atoms in total. The molecular formula is C9H13BrMgOSi. The van der Waals surface area contributed by atoms with Crippen molar-refractivity contribution >= 4 is 36.6 Å². The van der Waals surface area contributed by atoms with Gasteiger partial charge in [0.1, 0.15) is 0 Å². The summed E-state index contributed by atoms with van der Waals surface area (Å²) in [4.78, 5) is 11.7. The van der Waals surface area contributed by atoms with Crippen LogP contribution >= 0.6 is 0 Å². The van der Waals surface area contributed by atoms with Gasteiger partial charge in [0.2, 0.25) is 0 Å². The van der Waals surface area contributed by atoms with Crippen LogP contribution in [0.25, 0.3) is 0 Å². The maximum atomic E-state index is 11.7. The van der Waals surface area contributed by atoms with Crippen molar-refractivity contribution in [2.75, 3.05) is 0 Å². The van der Waals surface area contributed by atoms with E-state index in [2.05, 4.69) is 0 Å². The van der Waals surface area contributed by atoms with Crippen molar-refractivity contribution in [3.63, 3.8) is 0 Å². The molecule has 0 saturated carbocycles. The van der Waals surface area contributed by atoms with E-state index in [-0.39, 0.29) is 40.0 Å². The summed E-state index contributed by atoms with van der Waals surface area (Å²) < 4.78 is 0. The molecule has 0 heterocycles. The molecule has 0 unspecified atom stereocenters. The fraction of sp³-hybridized carbons (Fsp3) is 0.333. The summed E-state index contributed by atoms with van der Waals surface area (Å²) in [7, 11) is -2.33. The molecule has 0 aliphatic carbocycles. The van der Waals surface area contributed by atoms with Gasteiger partial charge in [-0.25, -0.2) is 0 Å². The fourth-order valence-electron chi connectivity index (χ4n) is 1.25. The van der Waals surface area contributed by atoms with E-state index in [4.69, 9.17) is 0 Å². The van der Waals surface area contributed by atoms with E-state index < -0.39 is 8.32 Å². The first-order valence-electron chi connectivity index (χ1n) is 3.78. The summed E-state index contributed by atoms with van der Waals surface area (Å²) in [6, 6.07) is 7.87. The molecule has 13 heavy (non-hydrogen) atoms. The van der Waals surface area contributed by atoms with E-state index in [0.717, 1.165) is 10.8 Å². The van der Waals surface area contributed by atoms with Crippen LogP contribution in [0.3, 0.4) is 0 Å². The van der Waals surface area contributed by atoms with E-state index in [1.807, 2.05) is 44.3 Å². The van der Waals surface area contributed by atoms with Gasteiger partial charge in [-0.3, -0.25) is 0 Å². The van der Waals surface area contributed by atoms with E-state index in [1.165, 1.54) is 0 Å². The van der Waals surface area contributed by atoms with Gasteiger partial charge in [-0.15, -0.1) is 0 Å². The summed E-state index contributed by atoms with van der Waals surface area (Å²) in [5, 5.41) is 1.03. The number of aryl methyl sites for hydroxylation is 1. The molecular weight excluding hydrogens is 256 g/mol. The van der Waals surface area contributed by atoms with E-state index in [1.54, 1.807) is 0 Å². The van der Waals surface area contributed by atoms with Gasteiger partial charge in [-0.1, -0.05) is 48.1 Å². The summed E-state index contributed by atoms with van der Waals surface area (Å²) in [5.74, 6) is 0. The van der Waals surface area contributed by atoms with Crippen molar-refractivity contribution in [1.82, 2.24) is 0 Å². The van der Waals surface area contributed by atoms with Gasteiger partial charge in [-0.2, -0.15) is 0 Å². The molecule has 0 spiro atoms. The molecule has 0 aliphatic heterocycles. The Bertz CT molecular complexity index is 260. The molecule has 0 N–H and O–H groups in total. The smallest absolute Gasteiger partial charge is 1.00 e. The quantitative estimate of drug-likeness (QED) is 0.513. The second-order valence-electron chi connectivity index (χ2n) is 3.33. The number of benzene rings is 1. The third-order valence-corrected chi connectivity index (χ3v) is 3.65. The Morgan fingerprint density at radius 2 is 1.62 bits per heavy atom. The average molecular weight is 269 g/mol. The molecule has 1 aromatic rings. The third kappa shape index (κ3) is 4.60. The molecule has 1 aromatic carbocycles. The second kappa shape index (κ2) is 6.19. The Kier molecular flexibility index (Phi) is 7.66. The maximum absolute atomic E-state index is 11.7. The maximum Gasteiger partial charge on any atom is 2.00 e. The molecule has 0 aliphatic rings. The molecule has 0 amide bonds. The van der Waals surface area contributed by atoms with Crippen LogP contribution in [0.15, 0.2) is 24.3 Å². The minimum absolute atomic E-state index is 0. The van der Waals surface area contributed by atoms with Crippen molar-refractivity contribution < 1.29 is 21.8 Å². The Morgan fingerprint density at radius 1 is 1.15 bits per heavy atom. The number of hydrogen-bond donors (Lipinski definition) is 0. The molecule has 1 rings (SSSR count). The first-order valence-corrected chi connectivity index (χ1v) is 6.69. The average Bonchev–Trinajstić information content (AvgIpc) is 1.86. The SMILES string of the molecule is Cc1ccccc1[Si](C)(C)[O-].[Br-].[Mg+2]. The number of halogens is 1. The van der Waals surface area contributed by atoms with Crippen molar-refractivity contribution in [1.29, 1.82) is 0 Å². The van der Waals surface area contributed by atoms with E-state index >= 15 is 0 Å². The van der Waals surface area contributed by atoms with Crippen LogP contribution in [-0.4, -0.2) is 31.4 Å². The van der Waals surface area contributed by atoms with Crippen LogP contribution in [0.5, 0.6) is 0 Å². The third-order valence-electron chi connectivity index (χ3n) is 1.79. The van der Waals surface area contributed by atoms with Gasteiger partial charge >= 0.3 is 23.1 Å². The Balaban J connectivity index is 0. The fourth-order valence-corrected chi connectivity index (χ4v) is 2.78. The topological polar surface area (TPSA) is 23.1 Å². The summed E-state index contributed by atoms with van der Waals surface area (Å²) >= 11 is 0. The Hall–Kier alpha value is 0.643. The van der Waals surface area contributed by atoms with Crippen LogP contribution in [-0.2, 0) is 0 Å². The second-order valence-corrected chi connectivity index (χ2v) is 6.88. The standard InChI is InChI=1S/C9H13OSi.BrH.Mg/c1-8-6-4-5-7-9(8)11(2,3)10;;/h4-7H,1-3H3;1H;/q-1;;+2/p-1. The Labute approximate surface area is 108 Å². The van der Waals surface area contributed by atoms with Crippen molar-refractivity contribution in [3.8, 4) is 0 Å². The Morgan fingerprint density at radius 3 is 1.92 bits per heavy atom. The summed E-state index contributed by atoms with van der Waals surface area (Å²) in [5.41, 5.74) is 1.14. The van der Waals surface area contributed by atoms with Gasteiger partial charge in [0.15, 0.2) is 0 Å². The molecule has 0 atom stereocenters. The van der Waals surface area contributed by atoms with Gasteiger partial charge in [0, 0.05) is 0 Å². The summed E-state index contributed by atoms with van der Waals surface area (Å²) in [6.45, 7) is 5.66. The predicted molar refractivity (Wildman–Crippen MR) is 54.0 cm³/mol. The molecule has 0 aromatic heterocycles. The first kappa shape index (κ1) is 16.1. The van der Waals surface area contributed by atoms with E-state index in [9.17, 15) is 4.80 Å². The first-order chi connectivity index (χ1) is 5.02. The zero-order valence-corrected chi connectivity index (χ0v) is 12.3. The molecule has 4 heteroatoms. The van der Waals surface area contributed by atoms with Crippen molar-refractivity contribution in [2.24, 2.45) is 0 Å². The zero-order chi connectivity index (χ0) is 8.48. The van der Waals surface area contributed by atoms with E-state index in [0.29, 0.717) is 0 Å². The molecule has 0 fully saturated rings. The van der Waals surface area contributed by atoms with Crippen molar-refractivity contribution in [3.05, 3.63) is 29.8 Å². The van der Waals surface area contributed by atoms with Crippen LogP contribution in [0, 0.1) is 6.92 Å². The van der Waals surface area contributed by atoms with Crippen LogP contribution < -0.4 is 27.0 Å². The van der Waals surface area contributed by atoms with Crippen molar-refractivity contribution in [2.45, 2.75) is 20.0 Å². The largest absolute Gasteiger partial charge is 2.00 e. The zero-order valence-electron chi connectivity index (χ0n) is 8.30. The molecule has 0 bridgehead atoms. The summed E-state index contributed by atoms with van der Waals surface area (Å²) in [6.07, 6.45) is 0. The molecule has 0 saturated heterocycles. The van der Waals surface area contributed by atoms with Gasteiger partial charge < -0.3 is 21.8 Å². The molecule has 0 radical (unpaired) electrons. The number of hydrogen-bond acceptors (Lipinski definition) is 1. The van der Waals surface area contributed by atoms with Crippen LogP contribution in [0.4, 0.5) is 0 Å². The normalized spacial score (nSPS) is 9.85. The number of rotatable bonds is 1. The van der Waals surface area contributed by atoms with Crippen LogP contribution in [0.1, 0.15) is 5.56 Å². The van der Waals surface area contributed by atoms with Crippen LogP contribution in [0.2, 0.25) is 13.1 Å². The predicted octanol–water partition coefficient (Wildman–Crippen LogP) is -2.61. The van der Waals surface area contributed by atoms with Gasteiger partial charge in [0.05, 0.1) is 0 Å². The van der Waals surface area contributed by atoms with Gasteiger partial charge in [0.25, 0.3) is 0 Å². The monoisotopic (exact) mass is 268 g/mol. The minimum atomic E-state index is -2.33.